The van der Waals surface area contributed by atoms with Gasteiger partial charge < -0.3 is 10.5 Å². The maximum absolute atomic E-state index is 5.61. The van der Waals surface area contributed by atoms with Crippen LogP contribution in [0.3, 0.4) is 0 Å². The molecule has 0 fully saturated rings. The maximum Gasteiger partial charge on any atom is 0.132 e. The predicted octanol–water partition coefficient (Wildman–Crippen LogP) is 0.131. The zero-order chi connectivity index (χ0) is 7.68. The van der Waals surface area contributed by atoms with Crippen molar-refractivity contribution in [2.75, 3.05) is 12.3 Å². The number of hydrogen-bond donors (Lipinski definition) is 1. The van der Waals surface area contributed by atoms with Crippen LogP contribution in [0.15, 0.2) is 6.33 Å². The number of ether oxygens (including phenoxy) is 1. The Kier molecular flexibility index (Phi) is 1.47. The van der Waals surface area contributed by atoms with Crippen LogP contribution in [0.1, 0.15) is 11.3 Å². The summed E-state index contributed by atoms with van der Waals surface area (Å²) in [4.78, 5) is 7.99. The summed E-state index contributed by atoms with van der Waals surface area (Å²) in [5.41, 5.74) is 7.60. The van der Waals surface area contributed by atoms with Gasteiger partial charge in [-0.2, -0.15) is 0 Å². The van der Waals surface area contributed by atoms with Crippen molar-refractivity contribution in [2.45, 2.75) is 13.0 Å². The van der Waals surface area contributed by atoms with Gasteiger partial charge in [0.05, 0.1) is 18.9 Å². The summed E-state index contributed by atoms with van der Waals surface area (Å²) in [5, 5.41) is 0. The molecule has 4 heteroatoms. The van der Waals surface area contributed by atoms with E-state index in [1.54, 1.807) is 0 Å². The zero-order valence-corrected chi connectivity index (χ0v) is 6.08. The Morgan fingerprint density at radius 3 is 3.18 bits per heavy atom. The second-order valence-electron chi connectivity index (χ2n) is 2.49. The number of nitrogen functional groups attached to an aromatic ring is 1. The molecule has 0 saturated carbocycles. The average Bonchev–Trinajstić information content (AvgIpc) is 2.06. The molecule has 0 unspecified atom stereocenters. The molecule has 1 aromatic rings. The van der Waals surface area contributed by atoms with Crippen LogP contribution in [-0.4, -0.2) is 16.6 Å². The van der Waals surface area contributed by atoms with Crippen LogP contribution in [0, 0.1) is 0 Å². The zero-order valence-electron chi connectivity index (χ0n) is 6.08. The molecule has 4 nitrogen and oxygen atoms in total. The average molecular weight is 151 g/mol. The van der Waals surface area contributed by atoms with E-state index in [1.807, 2.05) is 0 Å². The molecule has 0 aromatic carbocycles. The first kappa shape index (κ1) is 6.54. The minimum atomic E-state index is 0.551. The van der Waals surface area contributed by atoms with Crippen molar-refractivity contribution in [3.05, 3.63) is 17.6 Å². The number of anilines is 1. The van der Waals surface area contributed by atoms with Crippen molar-refractivity contribution >= 4 is 5.82 Å². The number of nitrogens with two attached hydrogens (primary N) is 1. The predicted molar refractivity (Wildman–Crippen MR) is 39.8 cm³/mol. The lowest BCUT2D eigenvalue weighted by molar-refractivity contribution is 0.109. The fourth-order valence-corrected chi connectivity index (χ4v) is 1.18. The number of nitrogens with zero attached hydrogens (tertiary/aromatic N) is 2. The normalized spacial score (nSPS) is 16.0. The van der Waals surface area contributed by atoms with E-state index >= 15 is 0 Å². The summed E-state index contributed by atoms with van der Waals surface area (Å²) in [6, 6.07) is 0. The monoisotopic (exact) mass is 151 g/mol. The smallest absolute Gasteiger partial charge is 0.132 e. The van der Waals surface area contributed by atoms with Crippen molar-refractivity contribution < 1.29 is 4.74 Å². The highest BCUT2D eigenvalue weighted by atomic mass is 16.5. The molecule has 1 aliphatic heterocycles. The van der Waals surface area contributed by atoms with Crippen LogP contribution < -0.4 is 5.73 Å². The van der Waals surface area contributed by atoms with E-state index in [1.165, 1.54) is 6.33 Å². The lowest BCUT2D eigenvalue weighted by Gasteiger charge is -2.15. The van der Waals surface area contributed by atoms with Crippen LogP contribution in [0.2, 0.25) is 0 Å². The van der Waals surface area contributed by atoms with E-state index in [2.05, 4.69) is 9.97 Å². The molecule has 0 amide bonds. The van der Waals surface area contributed by atoms with Gasteiger partial charge in [0.1, 0.15) is 12.1 Å². The van der Waals surface area contributed by atoms with E-state index in [-0.39, 0.29) is 0 Å². The van der Waals surface area contributed by atoms with Gasteiger partial charge in [-0.3, -0.25) is 0 Å². The van der Waals surface area contributed by atoms with Gasteiger partial charge in [-0.15, -0.1) is 0 Å². The molecule has 0 radical (unpaired) electrons. The Hall–Kier alpha value is -1.16. The van der Waals surface area contributed by atoms with Gasteiger partial charge in [0.25, 0.3) is 0 Å². The Morgan fingerprint density at radius 2 is 2.36 bits per heavy atom. The lowest BCUT2D eigenvalue weighted by atomic mass is 10.1. The number of fused-ring (bicyclic) bond motifs is 1. The first-order valence-electron chi connectivity index (χ1n) is 3.54. The molecule has 0 spiro atoms. The summed E-state index contributed by atoms with van der Waals surface area (Å²) < 4.78 is 5.22. The third-order valence-corrected chi connectivity index (χ3v) is 1.80. The third kappa shape index (κ3) is 1.05. The highest BCUT2D eigenvalue weighted by Crippen LogP contribution is 2.17. The van der Waals surface area contributed by atoms with E-state index in [4.69, 9.17) is 10.5 Å². The number of rotatable bonds is 0. The van der Waals surface area contributed by atoms with Crippen molar-refractivity contribution in [3.63, 3.8) is 0 Å². The van der Waals surface area contributed by atoms with Gasteiger partial charge in [0.2, 0.25) is 0 Å². The SMILES string of the molecule is Nc1ncnc2c1COCC2. The lowest BCUT2D eigenvalue weighted by Crippen LogP contribution is -2.14. The topological polar surface area (TPSA) is 61.0 Å². The summed E-state index contributed by atoms with van der Waals surface area (Å²) in [7, 11) is 0. The Balaban J connectivity index is 2.49. The second-order valence-corrected chi connectivity index (χ2v) is 2.49. The molecule has 1 aliphatic rings. The number of hydrogen-bond acceptors (Lipinski definition) is 4. The van der Waals surface area contributed by atoms with Gasteiger partial charge in [-0.05, 0) is 0 Å². The van der Waals surface area contributed by atoms with E-state index in [0.29, 0.717) is 12.4 Å². The Morgan fingerprint density at radius 1 is 1.45 bits per heavy atom. The standard InChI is InChI=1S/C7H9N3O/c8-7-5-3-11-2-1-6(5)9-4-10-7/h4H,1-3H2,(H2,8,9,10). The van der Waals surface area contributed by atoms with E-state index in [0.717, 1.165) is 24.3 Å². The Labute approximate surface area is 64.4 Å². The molecule has 0 saturated heterocycles. The summed E-state index contributed by atoms with van der Waals surface area (Å²) in [5.74, 6) is 0.551. The first-order chi connectivity index (χ1) is 5.38. The molecular formula is C7H9N3O. The Bertz CT molecular complexity index is 274. The van der Waals surface area contributed by atoms with E-state index in [9.17, 15) is 0 Å². The van der Waals surface area contributed by atoms with Gasteiger partial charge in [-0.25, -0.2) is 9.97 Å². The minimum Gasteiger partial charge on any atom is -0.383 e. The molecule has 0 bridgehead atoms. The molecule has 2 N–H and O–H groups in total. The van der Waals surface area contributed by atoms with Crippen LogP contribution in [-0.2, 0) is 17.8 Å². The summed E-state index contributed by atoms with van der Waals surface area (Å²) in [6.07, 6.45) is 2.35. The second kappa shape index (κ2) is 2.47. The quantitative estimate of drug-likeness (QED) is 0.572. The molecular weight excluding hydrogens is 142 g/mol. The fraction of sp³-hybridized carbons (Fsp3) is 0.429. The molecule has 2 rings (SSSR count). The van der Waals surface area contributed by atoms with Crippen molar-refractivity contribution in [2.24, 2.45) is 0 Å². The molecule has 58 valence electrons. The van der Waals surface area contributed by atoms with Crippen LogP contribution in [0.4, 0.5) is 5.82 Å². The summed E-state index contributed by atoms with van der Waals surface area (Å²) in [6.45, 7) is 1.30. The van der Waals surface area contributed by atoms with Crippen molar-refractivity contribution in [3.8, 4) is 0 Å². The van der Waals surface area contributed by atoms with Crippen LogP contribution >= 0.6 is 0 Å². The third-order valence-electron chi connectivity index (χ3n) is 1.80. The molecule has 2 heterocycles. The first-order valence-corrected chi connectivity index (χ1v) is 3.54. The highest BCUT2D eigenvalue weighted by molar-refractivity contribution is 5.41. The van der Waals surface area contributed by atoms with E-state index < -0.39 is 0 Å². The van der Waals surface area contributed by atoms with Gasteiger partial charge in [-0.1, -0.05) is 0 Å². The van der Waals surface area contributed by atoms with Crippen LogP contribution in [0.5, 0.6) is 0 Å². The van der Waals surface area contributed by atoms with Gasteiger partial charge in [0.15, 0.2) is 0 Å². The number of aromatic nitrogens is 2. The molecule has 0 aliphatic carbocycles. The van der Waals surface area contributed by atoms with Gasteiger partial charge in [0, 0.05) is 12.0 Å². The highest BCUT2D eigenvalue weighted by Gasteiger charge is 2.13. The molecule has 0 atom stereocenters. The van der Waals surface area contributed by atoms with Crippen molar-refractivity contribution in [1.82, 2.24) is 9.97 Å². The largest absolute Gasteiger partial charge is 0.383 e. The van der Waals surface area contributed by atoms with Gasteiger partial charge >= 0.3 is 0 Å². The minimum absolute atomic E-state index is 0.551. The fourth-order valence-electron chi connectivity index (χ4n) is 1.18. The van der Waals surface area contributed by atoms with Crippen LogP contribution in [0.25, 0.3) is 0 Å². The molecule has 1 aromatic heterocycles. The maximum atomic E-state index is 5.61. The summed E-state index contributed by atoms with van der Waals surface area (Å²) >= 11 is 0. The molecule has 11 heavy (non-hydrogen) atoms. The van der Waals surface area contributed by atoms with Crippen molar-refractivity contribution in [1.29, 1.82) is 0 Å².